The zero-order chi connectivity index (χ0) is 12.8. The quantitative estimate of drug-likeness (QED) is 0.824. The van der Waals surface area contributed by atoms with Gasteiger partial charge in [-0.3, -0.25) is 0 Å². The smallest absolute Gasteiger partial charge is 0.169 e. The average molecular weight is 316 g/mol. The van der Waals surface area contributed by atoms with E-state index < -0.39 is 0 Å². The lowest BCUT2D eigenvalue weighted by Gasteiger charge is -2.18. The molecule has 2 unspecified atom stereocenters. The second kappa shape index (κ2) is 7.31. The number of rotatable bonds is 7. The summed E-state index contributed by atoms with van der Waals surface area (Å²) in [4.78, 5) is 0. The molecule has 2 rings (SSSR count). The van der Waals surface area contributed by atoms with Gasteiger partial charge in [0.2, 0.25) is 0 Å². The largest absolute Gasteiger partial charge is 0.453 e. The number of halogens is 1. The van der Waals surface area contributed by atoms with Crippen molar-refractivity contribution in [1.82, 2.24) is 5.32 Å². The summed E-state index contributed by atoms with van der Waals surface area (Å²) >= 11 is 3.37. The van der Waals surface area contributed by atoms with E-state index >= 15 is 0 Å². The normalized spacial score (nSPS) is 21.3. The van der Waals surface area contributed by atoms with Crippen LogP contribution in [0.25, 0.3) is 0 Å². The first-order chi connectivity index (χ1) is 8.79. The summed E-state index contributed by atoms with van der Waals surface area (Å²) in [5.74, 6) is 1.02. The first-order valence-electron chi connectivity index (χ1n) is 6.90. The van der Waals surface area contributed by atoms with Gasteiger partial charge in [-0.25, -0.2) is 0 Å². The highest BCUT2D eigenvalue weighted by Gasteiger charge is 2.20. The lowest BCUT2D eigenvalue weighted by molar-refractivity contribution is 0.0988. The molecule has 1 aromatic rings. The van der Waals surface area contributed by atoms with Gasteiger partial charge in [0.25, 0.3) is 0 Å². The molecule has 0 saturated carbocycles. The molecule has 1 N–H and O–H groups in total. The van der Waals surface area contributed by atoms with Crippen LogP contribution in [0.5, 0.6) is 0 Å². The highest BCUT2D eigenvalue weighted by atomic mass is 79.9. The fourth-order valence-electron chi connectivity index (χ4n) is 2.40. The van der Waals surface area contributed by atoms with Crippen molar-refractivity contribution in [3.05, 3.63) is 22.6 Å². The Morgan fingerprint density at radius 1 is 1.50 bits per heavy atom. The van der Waals surface area contributed by atoms with E-state index in [4.69, 9.17) is 9.15 Å². The van der Waals surface area contributed by atoms with E-state index in [1.54, 1.807) is 0 Å². The standard InChI is InChI=1S/C14H22BrNO2/c1-2-9-16-12(13-7-8-14(15)18-13)6-5-11-4-3-10-17-11/h7-8,11-12,16H,2-6,9-10H2,1H3. The molecule has 2 heterocycles. The summed E-state index contributed by atoms with van der Waals surface area (Å²) in [7, 11) is 0. The Morgan fingerprint density at radius 2 is 2.39 bits per heavy atom. The topological polar surface area (TPSA) is 34.4 Å². The second-order valence-electron chi connectivity index (χ2n) is 4.86. The number of ether oxygens (including phenoxy) is 1. The van der Waals surface area contributed by atoms with Gasteiger partial charge in [-0.2, -0.15) is 0 Å². The van der Waals surface area contributed by atoms with Gasteiger partial charge in [-0.1, -0.05) is 6.92 Å². The molecule has 4 heteroatoms. The van der Waals surface area contributed by atoms with Crippen LogP contribution >= 0.6 is 15.9 Å². The highest BCUT2D eigenvalue weighted by molar-refractivity contribution is 9.10. The van der Waals surface area contributed by atoms with Gasteiger partial charge in [0.05, 0.1) is 12.1 Å². The first kappa shape index (κ1) is 14.1. The molecule has 1 aliphatic heterocycles. The van der Waals surface area contributed by atoms with Crippen LogP contribution < -0.4 is 5.32 Å². The number of furan rings is 1. The van der Waals surface area contributed by atoms with E-state index in [2.05, 4.69) is 28.2 Å². The van der Waals surface area contributed by atoms with Crippen LogP contribution in [0.4, 0.5) is 0 Å². The Bertz CT molecular complexity index is 347. The van der Waals surface area contributed by atoms with E-state index in [-0.39, 0.29) is 0 Å². The lowest BCUT2D eigenvalue weighted by Crippen LogP contribution is -2.23. The van der Waals surface area contributed by atoms with Crippen LogP contribution in [0.1, 0.15) is 50.8 Å². The molecule has 3 nitrogen and oxygen atoms in total. The fourth-order valence-corrected chi connectivity index (χ4v) is 2.72. The molecule has 0 amide bonds. The first-order valence-corrected chi connectivity index (χ1v) is 7.69. The van der Waals surface area contributed by atoms with Crippen molar-refractivity contribution in [2.45, 2.75) is 51.2 Å². The summed E-state index contributed by atoms with van der Waals surface area (Å²) in [6, 6.07) is 4.31. The van der Waals surface area contributed by atoms with E-state index in [1.165, 1.54) is 12.8 Å². The molecule has 1 aliphatic rings. The predicted molar refractivity (Wildman–Crippen MR) is 75.7 cm³/mol. The minimum atomic E-state index is 0.306. The highest BCUT2D eigenvalue weighted by Crippen LogP contribution is 2.26. The van der Waals surface area contributed by atoms with E-state index in [9.17, 15) is 0 Å². The fraction of sp³-hybridized carbons (Fsp3) is 0.714. The Balaban J connectivity index is 1.87. The Morgan fingerprint density at radius 3 is 3.00 bits per heavy atom. The second-order valence-corrected chi connectivity index (χ2v) is 5.64. The molecular weight excluding hydrogens is 294 g/mol. The molecular formula is C14H22BrNO2. The van der Waals surface area contributed by atoms with Crippen molar-refractivity contribution in [3.8, 4) is 0 Å². The van der Waals surface area contributed by atoms with Crippen LogP contribution in [0.3, 0.4) is 0 Å². The van der Waals surface area contributed by atoms with Crippen molar-refractivity contribution in [3.63, 3.8) is 0 Å². The minimum absolute atomic E-state index is 0.306. The third kappa shape index (κ3) is 4.11. The van der Waals surface area contributed by atoms with E-state index in [1.807, 2.05) is 12.1 Å². The Hall–Kier alpha value is -0.320. The van der Waals surface area contributed by atoms with Crippen LogP contribution in [-0.4, -0.2) is 19.3 Å². The van der Waals surface area contributed by atoms with Crippen molar-refractivity contribution < 1.29 is 9.15 Å². The summed E-state index contributed by atoms with van der Waals surface area (Å²) in [5, 5.41) is 3.55. The minimum Gasteiger partial charge on any atom is -0.453 e. The van der Waals surface area contributed by atoms with Gasteiger partial charge >= 0.3 is 0 Å². The molecule has 0 bridgehead atoms. The third-order valence-corrected chi connectivity index (χ3v) is 3.81. The van der Waals surface area contributed by atoms with E-state index in [0.717, 1.165) is 42.8 Å². The van der Waals surface area contributed by atoms with Gasteiger partial charge < -0.3 is 14.5 Å². The number of hydrogen-bond donors (Lipinski definition) is 1. The van der Waals surface area contributed by atoms with Gasteiger partial charge in [0.15, 0.2) is 4.67 Å². The number of hydrogen-bond acceptors (Lipinski definition) is 3. The molecule has 18 heavy (non-hydrogen) atoms. The summed E-state index contributed by atoms with van der Waals surface area (Å²) in [5.41, 5.74) is 0. The number of nitrogens with one attached hydrogen (secondary N) is 1. The van der Waals surface area contributed by atoms with Gasteiger partial charge in [-0.15, -0.1) is 0 Å². The van der Waals surface area contributed by atoms with Crippen molar-refractivity contribution in [2.24, 2.45) is 0 Å². The molecule has 1 aromatic heterocycles. The SMILES string of the molecule is CCCNC(CCC1CCCO1)c1ccc(Br)o1. The van der Waals surface area contributed by atoms with Gasteiger partial charge in [-0.05, 0) is 66.7 Å². The maximum Gasteiger partial charge on any atom is 0.169 e. The Kier molecular flexibility index (Phi) is 5.73. The van der Waals surface area contributed by atoms with E-state index in [0.29, 0.717) is 12.1 Å². The summed E-state index contributed by atoms with van der Waals surface area (Å²) in [6.45, 7) is 4.14. The molecule has 2 atom stereocenters. The molecule has 0 spiro atoms. The third-order valence-electron chi connectivity index (χ3n) is 3.38. The molecule has 1 fully saturated rings. The summed E-state index contributed by atoms with van der Waals surface area (Å²) < 4.78 is 12.2. The molecule has 0 radical (unpaired) electrons. The Labute approximate surface area is 117 Å². The predicted octanol–water partition coefficient (Wildman–Crippen LogP) is 4.04. The molecule has 1 saturated heterocycles. The van der Waals surface area contributed by atoms with Crippen LogP contribution in [-0.2, 0) is 4.74 Å². The average Bonchev–Trinajstić information content (AvgIpc) is 3.01. The maximum absolute atomic E-state index is 5.68. The zero-order valence-corrected chi connectivity index (χ0v) is 12.5. The monoisotopic (exact) mass is 315 g/mol. The zero-order valence-electron chi connectivity index (χ0n) is 11.0. The summed E-state index contributed by atoms with van der Waals surface area (Å²) in [6.07, 6.45) is 6.20. The van der Waals surface area contributed by atoms with Crippen molar-refractivity contribution in [2.75, 3.05) is 13.2 Å². The van der Waals surface area contributed by atoms with Crippen molar-refractivity contribution >= 4 is 15.9 Å². The van der Waals surface area contributed by atoms with Crippen molar-refractivity contribution in [1.29, 1.82) is 0 Å². The maximum atomic E-state index is 5.68. The van der Waals surface area contributed by atoms with Crippen LogP contribution in [0.15, 0.2) is 21.2 Å². The van der Waals surface area contributed by atoms with Crippen LogP contribution in [0, 0.1) is 0 Å². The molecule has 0 aliphatic carbocycles. The molecule has 0 aromatic carbocycles. The van der Waals surface area contributed by atoms with Gasteiger partial charge in [0.1, 0.15) is 5.76 Å². The van der Waals surface area contributed by atoms with Gasteiger partial charge in [0, 0.05) is 6.61 Å². The lowest BCUT2D eigenvalue weighted by atomic mass is 10.0. The van der Waals surface area contributed by atoms with Crippen LogP contribution in [0.2, 0.25) is 0 Å². The molecule has 102 valence electrons.